The molecular formula is C16H17NO3S. The van der Waals surface area contributed by atoms with Gasteiger partial charge in [0.05, 0.1) is 12.3 Å². The average Bonchev–Trinajstić information content (AvgIpc) is 2.50. The van der Waals surface area contributed by atoms with E-state index in [0.717, 1.165) is 4.90 Å². The molecule has 0 aromatic heterocycles. The Balaban J connectivity index is 2.41. The van der Waals surface area contributed by atoms with Crippen molar-refractivity contribution in [1.82, 2.24) is 0 Å². The molecule has 5 heteroatoms. The zero-order valence-corrected chi connectivity index (χ0v) is 12.8. The molecule has 0 spiro atoms. The van der Waals surface area contributed by atoms with Crippen LogP contribution in [0.5, 0.6) is 11.5 Å². The van der Waals surface area contributed by atoms with E-state index in [4.69, 9.17) is 15.2 Å². The van der Waals surface area contributed by atoms with Gasteiger partial charge in [0.25, 0.3) is 0 Å². The fraction of sp³-hybridized carbons (Fsp3) is 0.188. The average molecular weight is 303 g/mol. The lowest BCUT2D eigenvalue weighted by Crippen LogP contribution is -2.08. The molecule has 0 radical (unpaired) electrons. The molecule has 0 aliphatic heterocycles. The Hall–Kier alpha value is -2.14. The lowest BCUT2D eigenvalue weighted by Gasteiger charge is -2.14. The smallest absolute Gasteiger partial charge is 0.342 e. The lowest BCUT2D eigenvalue weighted by molar-refractivity contribution is 0.0523. The van der Waals surface area contributed by atoms with Gasteiger partial charge in [0.15, 0.2) is 5.75 Å². The zero-order chi connectivity index (χ0) is 15.2. The van der Waals surface area contributed by atoms with Crippen molar-refractivity contribution in [2.24, 2.45) is 0 Å². The fourth-order valence-electron chi connectivity index (χ4n) is 1.85. The van der Waals surface area contributed by atoms with Crippen LogP contribution < -0.4 is 10.5 Å². The molecule has 2 aromatic rings. The second-order valence-corrected chi connectivity index (χ2v) is 5.05. The highest BCUT2D eigenvalue weighted by Gasteiger charge is 2.17. The van der Waals surface area contributed by atoms with Crippen molar-refractivity contribution in [2.45, 2.75) is 11.8 Å². The molecule has 0 atom stereocenters. The third kappa shape index (κ3) is 3.49. The molecule has 0 unspecified atom stereocenters. The molecular weight excluding hydrogens is 286 g/mol. The van der Waals surface area contributed by atoms with Gasteiger partial charge in [-0.3, -0.25) is 0 Å². The van der Waals surface area contributed by atoms with Gasteiger partial charge >= 0.3 is 5.97 Å². The van der Waals surface area contributed by atoms with Crippen LogP contribution in [0.1, 0.15) is 17.3 Å². The molecule has 110 valence electrons. The van der Waals surface area contributed by atoms with E-state index in [2.05, 4.69) is 0 Å². The summed E-state index contributed by atoms with van der Waals surface area (Å²) in [5, 5.41) is 0. The monoisotopic (exact) mass is 303 g/mol. The van der Waals surface area contributed by atoms with Crippen LogP contribution in [0, 0.1) is 0 Å². The van der Waals surface area contributed by atoms with Crippen molar-refractivity contribution in [1.29, 1.82) is 0 Å². The number of ether oxygens (including phenoxy) is 2. The first-order valence-corrected chi connectivity index (χ1v) is 7.76. The Kier molecular flexibility index (Phi) is 5.11. The summed E-state index contributed by atoms with van der Waals surface area (Å²) in [7, 11) is 0. The van der Waals surface area contributed by atoms with Gasteiger partial charge in [-0.05, 0) is 37.4 Å². The summed E-state index contributed by atoms with van der Waals surface area (Å²) in [5.74, 6) is 0.548. The highest BCUT2D eigenvalue weighted by Crippen LogP contribution is 2.36. The van der Waals surface area contributed by atoms with Crippen molar-refractivity contribution in [3.8, 4) is 11.5 Å². The molecule has 0 aliphatic rings. The van der Waals surface area contributed by atoms with Crippen LogP contribution >= 0.6 is 11.8 Å². The lowest BCUT2D eigenvalue weighted by atomic mass is 10.1. The van der Waals surface area contributed by atoms with E-state index in [1.807, 2.05) is 30.5 Å². The van der Waals surface area contributed by atoms with E-state index in [1.54, 1.807) is 36.9 Å². The molecule has 0 fully saturated rings. The molecule has 0 saturated carbocycles. The highest BCUT2D eigenvalue weighted by molar-refractivity contribution is 7.98. The fourth-order valence-corrected chi connectivity index (χ4v) is 2.38. The van der Waals surface area contributed by atoms with Gasteiger partial charge in [-0.25, -0.2) is 4.79 Å². The van der Waals surface area contributed by atoms with Gasteiger partial charge < -0.3 is 15.2 Å². The number of hydrogen-bond donors (Lipinski definition) is 1. The molecule has 0 aliphatic carbocycles. The molecule has 2 aromatic carbocycles. The van der Waals surface area contributed by atoms with Crippen molar-refractivity contribution >= 4 is 23.4 Å². The Morgan fingerprint density at radius 1 is 1.19 bits per heavy atom. The van der Waals surface area contributed by atoms with Gasteiger partial charge in [0.2, 0.25) is 0 Å². The second kappa shape index (κ2) is 7.04. The van der Waals surface area contributed by atoms with Crippen molar-refractivity contribution in [3.05, 3.63) is 48.0 Å². The molecule has 0 saturated heterocycles. The number of nitrogen functional groups attached to an aromatic ring is 1. The van der Waals surface area contributed by atoms with Crippen LogP contribution in [0.2, 0.25) is 0 Å². The van der Waals surface area contributed by atoms with E-state index < -0.39 is 5.97 Å². The Morgan fingerprint density at radius 3 is 2.67 bits per heavy atom. The quantitative estimate of drug-likeness (QED) is 0.514. The maximum Gasteiger partial charge on any atom is 0.342 e. The standard InChI is InChI=1S/C16H17NO3S/c1-3-19-16(18)11-7-6-8-12(17)15(11)20-13-9-4-5-10-14(13)21-2/h4-10H,3,17H2,1-2H3. The normalized spacial score (nSPS) is 10.2. The van der Waals surface area contributed by atoms with E-state index in [1.165, 1.54) is 0 Å². The number of rotatable bonds is 5. The maximum atomic E-state index is 12.0. The predicted molar refractivity (Wildman–Crippen MR) is 85.1 cm³/mol. The molecule has 2 rings (SSSR count). The summed E-state index contributed by atoms with van der Waals surface area (Å²) in [6.45, 7) is 2.06. The van der Waals surface area contributed by atoms with Gasteiger partial charge in [-0.2, -0.15) is 0 Å². The third-order valence-electron chi connectivity index (χ3n) is 2.82. The van der Waals surface area contributed by atoms with E-state index in [-0.39, 0.29) is 0 Å². The summed E-state index contributed by atoms with van der Waals surface area (Å²) in [4.78, 5) is 13.0. The minimum Gasteiger partial charge on any atom is -0.462 e. The summed E-state index contributed by atoms with van der Waals surface area (Å²) in [6.07, 6.45) is 1.96. The largest absolute Gasteiger partial charge is 0.462 e. The van der Waals surface area contributed by atoms with E-state index in [0.29, 0.717) is 29.4 Å². The third-order valence-corrected chi connectivity index (χ3v) is 3.60. The minimum absolute atomic E-state index is 0.300. The van der Waals surface area contributed by atoms with Gasteiger partial charge in [0.1, 0.15) is 11.3 Å². The van der Waals surface area contributed by atoms with Crippen LogP contribution in [0.4, 0.5) is 5.69 Å². The second-order valence-electron chi connectivity index (χ2n) is 4.20. The van der Waals surface area contributed by atoms with E-state index >= 15 is 0 Å². The molecule has 2 N–H and O–H groups in total. The van der Waals surface area contributed by atoms with Crippen LogP contribution in [0.15, 0.2) is 47.4 Å². The van der Waals surface area contributed by atoms with Crippen molar-refractivity contribution in [2.75, 3.05) is 18.6 Å². The van der Waals surface area contributed by atoms with E-state index in [9.17, 15) is 4.79 Å². The number of anilines is 1. The van der Waals surface area contributed by atoms with Crippen LogP contribution in [-0.2, 0) is 4.74 Å². The number of hydrogen-bond acceptors (Lipinski definition) is 5. The summed E-state index contributed by atoms with van der Waals surface area (Å²) in [6, 6.07) is 12.6. The number of para-hydroxylation sites is 2. The number of esters is 1. The minimum atomic E-state index is -0.443. The van der Waals surface area contributed by atoms with Crippen LogP contribution in [-0.4, -0.2) is 18.8 Å². The van der Waals surface area contributed by atoms with Crippen molar-refractivity contribution in [3.63, 3.8) is 0 Å². The molecule has 0 bridgehead atoms. The number of carbonyl (C=O) groups is 1. The maximum absolute atomic E-state index is 12.0. The highest BCUT2D eigenvalue weighted by atomic mass is 32.2. The summed E-state index contributed by atoms with van der Waals surface area (Å²) >= 11 is 1.56. The Bertz CT molecular complexity index is 643. The Morgan fingerprint density at radius 2 is 1.95 bits per heavy atom. The first kappa shape index (κ1) is 15.3. The summed E-state index contributed by atoms with van der Waals surface area (Å²) < 4.78 is 10.9. The predicted octanol–water partition coefficient (Wildman–Crippen LogP) is 3.96. The Labute approximate surface area is 128 Å². The van der Waals surface area contributed by atoms with Gasteiger partial charge in [0, 0.05) is 4.90 Å². The first-order chi connectivity index (χ1) is 10.2. The molecule has 0 amide bonds. The van der Waals surface area contributed by atoms with Crippen LogP contribution in [0.25, 0.3) is 0 Å². The number of benzene rings is 2. The molecule has 4 nitrogen and oxygen atoms in total. The number of nitrogens with two attached hydrogens (primary N) is 1. The van der Waals surface area contributed by atoms with Crippen molar-refractivity contribution < 1.29 is 14.3 Å². The molecule has 21 heavy (non-hydrogen) atoms. The molecule has 0 heterocycles. The first-order valence-electron chi connectivity index (χ1n) is 6.53. The SMILES string of the molecule is CCOC(=O)c1cccc(N)c1Oc1ccccc1SC. The van der Waals surface area contributed by atoms with Crippen LogP contribution in [0.3, 0.4) is 0 Å². The number of thioether (sulfide) groups is 1. The zero-order valence-electron chi connectivity index (χ0n) is 12.0. The summed E-state index contributed by atoms with van der Waals surface area (Å²) in [5.41, 5.74) is 6.68. The topological polar surface area (TPSA) is 61.5 Å². The van der Waals surface area contributed by atoms with Gasteiger partial charge in [-0.15, -0.1) is 11.8 Å². The number of carbonyl (C=O) groups excluding carboxylic acids is 1. The van der Waals surface area contributed by atoms with Gasteiger partial charge in [-0.1, -0.05) is 18.2 Å².